The summed E-state index contributed by atoms with van der Waals surface area (Å²) in [5.41, 5.74) is 2.43. The van der Waals surface area contributed by atoms with Gasteiger partial charge in [0.1, 0.15) is 0 Å². The molecule has 0 radical (unpaired) electrons. The largest absolute Gasteiger partial charge is 0.310 e. The first kappa shape index (κ1) is 12.1. The molecule has 1 aromatic heterocycles. The third-order valence-electron chi connectivity index (χ3n) is 3.11. The number of nitrogens with zero attached hydrogens (tertiary/aromatic N) is 1. The van der Waals surface area contributed by atoms with Crippen LogP contribution in [0, 0.1) is 5.92 Å². The minimum Gasteiger partial charge on any atom is -0.310 e. The number of hydrogen-bond acceptors (Lipinski definition) is 2. The molecule has 0 aliphatic rings. The molecule has 1 heterocycles. The molecule has 1 unspecified atom stereocenters. The second-order valence-corrected chi connectivity index (χ2v) is 4.70. The smallest absolute Gasteiger partial charge is 0.0705 e. The molecule has 1 N–H and O–H groups in total. The van der Waals surface area contributed by atoms with E-state index in [-0.39, 0.29) is 0 Å². The molecule has 2 nitrogen and oxygen atoms in total. The van der Waals surface area contributed by atoms with E-state index in [4.69, 9.17) is 0 Å². The number of benzene rings is 1. The normalized spacial score (nSPS) is 13.2. The fourth-order valence-electron chi connectivity index (χ4n) is 2.32. The Balaban J connectivity index is 2.52. The topological polar surface area (TPSA) is 24.9 Å². The van der Waals surface area contributed by atoms with Crippen molar-refractivity contribution in [2.45, 2.75) is 26.8 Å². The van der Waals surface area contributed by atoms with Gasteiger partial charge in [0, 0.05) is 17.6 Å². The number of rotatable bonds is 4. The number of hydrogen-bond donors (Lipinski definition) is 1. The Morgan fingerprint density at radius 1 is 1.18 bits per heavy atom. The first-order chi connectivity index (χ1) is 8.24. The molecule has 2 heteroatoms. The molecular weight excluding hydrogens is 208 g/mol. The average Bonchev–Trinajstić information content (AvgIpc) is 2.35. The van der Waals surface area contributed by atoms with Crippen LogP contribution in [0.25, 0.3) is 10.9 Å². The van der Waals surface area contributed by atoms with Crippen LogP contribution in [-0.4, -0.2) is 11.5 Å². The van der Waals surface area contributed by atoms with Crippen LogP contribution >= 0.6 is 0 Å². The van der Waals surface area contributed by atoms with Gasteiger partial charge in [0.15, 0.2) is 0 Å². The quantitative estimate of drug-likeness (QED) is 0.865. The van der Waals surface area contributed by atoms with Gasteiger partial charge in [0.25, 0.3) is 0 Å². The van der Waals surface area contributed by atoms with Gasteiger partial charge >= 0.3 is 0 Å². The van der Waals surface area contributed by atoms with E-state index in [9.17, 15) is 0 Å². The van der Waals surface area contributed by atoms with Crippen molar-refractivity contribution in [3.63, 3.8) is 0 Å². The van der Waals surface area contributed by atoms with Gasteiger partial charge in [-0.05, 0) is 30.2 Å². The summed E-state index contributed by atoms with van der Waals surface area (Å²) in [4.78, 5) is 4.42. The summed E-state index contributed by atoms with van der Waals surface area (Å²) < 4.78 is 0. The van der Waals surface area contributed by atoms with Crippen molar-refractivity contribution in [2.75, 3.05) is 6.54 Å². The fourth-order valence-corrected chi connectivity index (χ4v) is 2.32. The van der Waals surface area contributed by atoms with Crippen molar-refractivity contribution in [1.82, 2.24) is 10.3 Å². The second-order valence-electron chi connectivity index (χ2n) is 4.70. The minimum absolute atomic E-state index is 0.396. The van der Waals surface area contributed by atoms with E-state index in [1.165, 1.54) is 10.9 Å². The molecule has 2 aromatic rings. The van der Waals surface area contributed by atoms with Crippen molar-refractivity contribution in [1.29, 1.82) is 0 Å². The summed E-state index contributed by atoms with van der Waals surface area (Å²) in [7, 11) is 0. The van der Waals surface area contributed by atoms with Crippen molar-refractivity contribution in [2.24, 2.45) is 5.92 Å². The molecule has 2 rings (SSSR count). The van der Waals surface area contributed by atoms with Crippen LogP contribution in [-0.2, 0) is 0 Å². The monoisotopic (exact) mass is 228 g/mol. The van der Waals surface area contributed by atoms with Gasteiger partial charge in [-0.15, -0.1) is 0 Å². The van der Waals surface area contributed by atoms with E-state index >= 15 is 0 Å². The molecule has 0 aliphatic carbocycles. The Hall–Kier alpha value is -1.41. The van der Waals surface area contributed by atoms with Gasteiger partial charge in [-0.3, -0.25) is 4.98 Å². The zero-order valence-electron chi connectivity index (χ0n) is 10.8. The van der Waals surface area contributed by atoms with Crippen molar-refractivity contribution >= 4 is 10.9 Å². The van der Waals surface area contributed by atoms with Gasteiger partial charge in [0.2, 0.25) is 0 Å². The van der Waals surface area contributed by atoms with E-state index < -0.39 is 0 Å². The number of nitrogens with one attached hydrogen (secondary N) is 1. The molecule has 1 aromatic carbocycles. The maximum atomic E-state index is 4.42. The second kappa shape index (κ2) is 5.28. The first-order valence-electron chi connectivity index (χ1n) is 6.31. The van der Waals surface area contributed by atoms with Gasteiger partial charge in [-0.2, -0.15) is 0 Å². The van der Waals surface area contributed by atoms with E-state index in [0.717, 1.165) is 12.1 Å². The number of fused-ring (bicyclic) bond motifs is 1. The Bertz CT molecular complexity index is 486. The van der Waals surface area contributed by atoms with Gasteiger partial charge < -0.3 is 5.32 Å². The Morgan fingerprint density at radius 2 is 2.00 bits per heavy atom. The number of aromatic nitrogens is 1. The molecule has 0 spiro atoms. The standard InChI is InChI=1S/C15H20N2/c1-4-16-15(11(2)3)13-7-5-9-14-12(13)8-6-10-17-14/h5-11,15-16H,4H2,1-3H3. The summed E-state index contributed by atoms with van der Waals surface area (Å²) in [6.07, 6.45) is 1.85. The maximum absolute atomic E-state index is 4.42. The zero-order valence-corrected chi connectivity index (χ0v) is 10.8. The average molecular weight is 228 g/mol. The zero-order chi connectivity index (χ0) is 12.3. The van der Waals surface area contributed by atoms with E-state index in [2.05, 4.69) is 55.3 Å². The molecule has 0 saturated heterocycles. The van der Waals surface area contributed by atoms with Crippen LogP contribution in [0.15, 0.2) is 36.5 Å². The molecule has 0 amide bonds. The Labute approximate surface area is 103 Å². The summed E-state index contributed by atoms with van der Waals surface area (Å²) >= 11 is 0. The summed E-state index contributed by atoms with van der Waals surface area (Å²) in [6, 6.07) is 10.9. The van der Waals surface area contributed by atoms with E-state index in [1.54, 1.807) is 0 Å². The van der Waals surface area contributed by atoms with Gasteiger partial charge in [0.05, 0.1) is 5.52 Å². The lowest BCUT2D eigenvalue weighted by atomic mass is 9.93. The van der Waals surface area contributed by atoms with Gasteiger partial charge in [-0.1, -0.05) is 39.0 Å². The van der Waals surface area contributed by atoms with Crippen molar-refractivity contribution in [3.05, 3.63) is 42.1 Å². The molecule has 1 atom stereocenters. The summed E-state index contributed by atoms with van der Waals surface area (Å²) in [5.74, 6) is 0.570. The minimum atomic E-state index is 0.396. The maximum Gasteiger partial charge on any atom is 0.0705 e. The summed E-state index contributed by atoms with van der Waals surface area (Å²) in [5, 5.41) is 4.82. The highest BCUT2D eigenvalue weighted by atomic mass is 14.9. The SMILES string of the molecule is CCNC(c1cccc2ncccc12)C(C)C. The Kier molecular flexibility index (Phi) is 3.75. The molecule has 0 bridgehead atoms. The molecule has 17 heavy (non-hydrogen) atoms. The van der Waals surface area contributed by atoms with Crippen LogP contribution in [0.5, 0.6) is 0 Å². The van der Waals surface area contributed by atoms with Crippen LogP contribution in [0.3, 0.4) is 0 Å². The Morgan fingerprint density at radius 3 is 2.71 bits per heavy atom. The highest BCUT2D eigenvalue weighted by Gasteiger charge is 2.16. The first-order valence-corrected chi connectivity index (χ1v) is 6.31. The highest BCUT2D eigenvalue weighted by Crippen LogP contribution is 2.27. The van der Waals surface area contributed by atoms with Crippen LogP contribution in [0.1, 0.15) is 32.4 Å². The molecule has 0 aliphatic heterocycles. The fraction of sp³-hybridized carbons (Fsp3) is 0.400. The predicted molar refractivity (Wildman–Crippen MR) is 73.0 cm³/mol. The predicted octanol–water partition coefficient (Wildman–Crippen LogP) is 3.54. The molecule has 0 fully saturated rings. The van der Waals surface area contributed by atoms with E-state index in [1.807, 2.05) is 12.3 Å². The van der Waals surface area contributed by atoms with Gasteiger partial charge in [-0.25, -0.2) is 0 Å². The molecule has 90 valence electrons. The van der Waals surface area contributed by atoms with Crippen molar-refractivity contribution < 1.29 is 0 Å². The lowest BCUT2D eigenvalue weighted by molar-refractivity contribution is 0.424. The van der Waals surface area contributed by atoms with Crippen molar-refractivity contribution in [3.8, 4) is 0 Å². The summed E-state index contributed by atoms with van der Waals surface area (Å²) in [6.45, 7) is 7.64. The van der Waals surface area contributed by atoms with Crippen LogP contribution < -0.4 is 5.32 Å². The number of pyridine rings is 1. The lowest BCUT2D eigenvalue weighted by Crippen LogP contribution is -2.25. The van der Waals surface area contributed by atoms with Crippen LogP contribution in [0.4, 0.5) is 0 Å². The third-order valence-corrected chi connectivity index (χ3v) is 3.11. The van der Waals surface area contributed by atoms with Crippen LogP contribution in [0.2, 0.25) is 0 Å². The molecule has 0 saturated carbocycles. The third kappa shape index (κ3) is 2.47. The van der Waals surface area contributed by atoms with E-state index in [0.29, 0.717) is 12.0 Å². The lowest BCUT2D eigenvalue weighted by Gasteiger charge is -2.23. The molecular formula is C15H20N2. The highest BCUT2D eigenvalue weighted by molar-refractivity contribution is 5.82.